The van der Waals surface area contributed by atoms with Crippen LogP contribution in [0.3, 0.4) is 0 Å². The summed E-state index contributed by atoms with van der Waals surface area (Å²) in [6.45, 7) is 0. The van der Waals surface area contributed by atoms with E-state index in [1.54, 1.807) is 0 Å². The Bertz CT molecular complexity index is 1810. The van der Waals surface area contributed by atoms with Gasteiger partial charge in [0.2, 0.25) is 0 Å². The van der Waals surface area contributed by atoms with Crippen LogP contribution in [-0.2, 0) is 0 Å². The van der Waals surface area contributed by atoms with E-state index in [1.165, 1.54) is 30.9 Å². The van der Waals surface area contributed by atoms with Gasteiger partial charge in [-0.05, 0) is 72.1 Å². The van der Waals surface area contributed by atoms with Gasteiger partial charge in [0.15, 0.2) is 0 Å². The predicted octanol–water partition coefficient (Wildman–Crippen LogP) is 10.4. The third-order valence-electron chi connectivity index (χ3n) is 6.81. The number of nitrogens with one attached hydrogen (secondary N) is 1. The molecule has 0 unspecified atom stereocenters. The lowest BCUT2D eigenvalue weighted by molar-refractivity contribution is 1.29. The first-order chi connectivity index (χ1) is 18.3. The lowest BCUT2D eigenvalue weighted by Crippen LogP contribution is -2.09. The summed E-state index contributed by atoms with van der Waals surface area (Å²) in [5, 5.41) is 8.69. The Hall–Kier alpha value is -4.60. The Morgan fingerprint density at radius 1 is 0.459 bits per heavy atom. The van der Waals surface area contributed by atoms with Gasteiger partial charge in [-0.2, -0.15) is 0 Å². The summed E-state index contributed by atoms with van der Waals surface area (Å²) in [6.07, 6.45) is 0. The molecule has 1 N–H and O–H groups in total. The molecule has 0 saturated carbocycles. The van der Waals surface area contributed by atoms with E-state index < -0.39 is 0 Å². The number of rotatable bonds is 5. The quantitative estimate of drug-likeness (QED) is 0.257. The second kappa shape index (κ2) is 9.12. The summed E-state index contributed by atoms with van der Waals surface area (Å²) < 4.78 is 2.59. The fraction of sp³-hybridized carbons (Fsp3) is 0. The molecule has 7 aromatic rings. The van der Waals surface area contributed by atoms with Gasteiger partial charge in [-0.25, -0.2) is 0 Å². The highest BCUT2D eigenvalue weighted by atomic mass is 32.1. The number of hydrogen-bond donors (Lipinski definition) is 1. The van der Waals surface area contributed by atoms with Crippen molar-refractivity contribution in [2.45, 2.75) is 0 Å². The number of fused-ring (bicyclic) bond motifs is 4. The molecule has 0 radical (unpaired) electrons. The largest absolute Gasteiger partial charge is 0.355 e. The summed E-state index contributed by atoms with van der Waals surface area (Å²) in [7, 11) is 0. The maximum Gasteiger partial charge on any atom is 0.0468 e. The molecule has 0 aliphatic rings. The number of hydrogen-bond acceptors (Lipinski definition) is 3. The van der Waals surface area contributed by atoms with Crippen LogP contribution >= 0.6 is 11.3 Å². The second-order valence-corrected chi connectivity index (χ2v) is 10.2. The molecule has 2 nitrogen and oxygen atoms in total. The van der Waals surface area contributed by atoms with Crippen molar-refractivity contribution in [3.63, 3.8) is 0 Å². The molecule has 0 amide bonds. The zero-order valence-corrected chi connectivity index (χ0v) is 21.0. The zero-order chi connectivity index (χ0) is 24.6. The number of benzene rings is 6. The molecule has 0 saturated heterocycles. The van der Waals surface area contributed by atoms with Gasteiger partial charge >= 0.3 is 0 Å². The highest BCUT2D eigenvalue weighted by Crippen LogP contribution is 2.41. The standard InChI is InChI=1S/C34H24N2S/c1-3-12-26(13-4-1)36(27-14-5-2-6-15-27)28-19-21-34-31(23-28)30-22-25(18-20-33(30)37-34)35-32-17-9-11-24-10-7-8-16-29(24)32/h1-23,35H. The van der Waals surface area contributed by atoms with Gasteiger partial charge in [0.1, 0.15) is 0 Å². The number of thiophene rings is 1. The molecule has 1 heterocycles. The SMILES string of the molecule is c1ccc(N(c2ccccc2)c2ccc3sc4ccc(Nc5cccc6ccccc56)cc4c3c2)cc1. The first-order valence-corrected chi connectivity index (χ1v) is 13.3. The molecule has 0 aliphatic carbocycles. The number of para-hydroxylation sites is 2. The summed E-state index contributed by atoms with van der Waals surface area (Å²) in [5.74, 6) is 0. The minimum Gasteiger partial charge on any atom is -0.355 e. The zero-order valence-electron chi connectivity index (χ0n) is 20.1. The van der Waals surface area contributed by atoms with Crippen LogP contribution in [0.15, 0.2) is 140 Å². The van der Waals surface area contributed by atoms with Crippen molar-refractivity contribution in [3.8, 4) is 0 Å². The van der Waals surface area contributed by atoms with Crippen molar-refractivity contribution in [2.75, 3.05) is 10.2 Å². The lowest BCUT2D eigenvalue weighted by atomic mass is 10.1. The van der Waals surface area contributed by atoms with Crippen LogP contribution in [0, 0.1) is 0 Å². The Morgan fingerprint density at radius 3 is 1.84 bits per heavy atom. The fourth-order valence-corrected chi connectivity index (χ4v) is 6.14. The topological polar surface area (TPSA) is 15.3 Å². The van der Waals surface area contributed by atoms with Gasteiger partial charge in [0, 0.05) is 54.0 Å². The van der Waals surface area contributed by atoms with Gasteiger partial charge in [0.25, 0.3) is 0 Å². The van der Waals surface area contributed by atoms with Gasteiger partial charge in [-0.15, -0.1) is 11.3 Å². The Kier molecular flexibility index (Phi) is 5.34. The van der Waals surface area contributed by atoms with Gasteiger partial charge < -0.3 is 10.2 Å². The van der Waals surface area contributed by atoms with E-state index in [-0.39, 0.29) is 0 Å². The molecule has 6 aromatic carbocycles. The Morgan fingerprint density at radius 2 is 1.08 bits per heavy atom. The molecule has 0 aliphatic heterocycles. The minimum atomic E-state index is 1.09. The third kappa shape index (κ3) is 4.00. The average Bonchev–Trinajstić information content (AvgIpc) is 3.32. The first-order valence-electron chi connectivity index (χ1n) is 12.4. The van der Waals surface area contributed by atoms with Crippen molar-refractivity contribution in [3.05, 3.63) is 140 Å². The van der Waals surface area contributed by atoms with Gasteiger partial charge in [0.05, 0.1) is 0 Å². The van der Waals surface area contributed by atoms with Crippen LogP contribution in [0.25, 0.3) is 30.9 Å². The van der Waals surface area contributed by atoms with Crippen LogP contribution in [0.4, 0.5) is 28.4 Å². The van der Waals surface area contributed by atoms with Crippen LogP contribution in [0.5, 0.6) is 0 Å². The smallest absolute Gasteiger partial charge is 0.0468 e. The maximum absolute atomic E-state index is 3.68. The molecule has 0 bridgehead atoms. The van der Waals surface area contributed by atoms with E-state index in [9.17, 15) is 0 Å². The predicted molar refractivity (Wildman–Crippen MR) is 161 cm³/mol. The van der Waals surface area contributed by atoms with E-state index in [0.717, 1.165) is 28.4 Å². The van der Waals surface area contributed by atoms with Crippen molar-refractivity contribution in [1.29, 1.82) is 0 Å². The molecule has 7 rings (SSSR count). The third-order valence-corrected chi connectivity index (χ3v) is 7.96. The van der Waals surface area contributed by atoms with Crippen molar-refractivity contribution < 1.29 is 0 Å². The molecule has 3 heteroatoms. The van der Waals surface area contributed by atoms with Crippen LogP contribution < -0.4 is 10.2 Å². The summed E-state index contributed by atoms with van der Waals surface area (Å²) >= 11 is 1.84. The molecule has 0 atom stereocenters. The number of nitrogens with zero attached hydrogens (tertiary/aromatic N) is 1. The maximum atomic E-state index is 3.68. The summed E-state index contributed by atoms with van der Waals surface area (Å²) in [5.41, 5.74) is 5.66. The lowest BCUT2D eigenvalue weighted by Gasteiger charge is -2.25. The Balaban J connectivity index is 1.35. The molecular formula is C34H24N2S. The fourth-order valence-electron chi connectivity index (χ4n) is 5.07. The monoisotopic (exact) mass is 492 g/mol. The second-order valence-electron chi connectivity index (χ2n) is 9.15. The molecular weight excluding hydrogens is 468 g/mol. The van der Waals surface area contributed by atoms with E-state index >= 15 is 0 Å². The average molecular weight is 493 g/mol. The molecule has 37 heavy (non-hydrogen) atoms. The van der Waals surface area contributed by atoms with Crippen molar-refractivity contribution in [1.82, 2.24) is 0 Å². The minimum absolute atomic E-state index is 1.09. The van der Waals surface area contributed by atoms with Crippen LogP contribution in [-0.4, -0.2) is 0 Å². The highest BCUT2D eigenvalue weighted by molar-refractivity contribution is 7.25. The highest BCUT2D eigenvalue weighted by Gasteiger charge is 2.14. The normalized spacial score (nSPS) is 11.2. The van der Waals surface area contributed by atoms with E-state index in [1.807, 2.05) is 11.3 Å². The molecule has 0 spiro atoms. The van der Waals surface area contributed by atoms with Gasteiger partial charge in [-0.1, -0.05) is 72.8 Å². The van der Waals surface area contributed by atoms with E-state index in [2.05, 4.69) is 150 Å². The van der Waals surface area contributed by atoms with Crippen LogP contribution in [0.1, 0.15) is 0 Å². The van der Waals surface area contributed by atoms with Crippen molar-refractivity contribution in [2.24, 2.45) is 0 Å². The van der Waals surface area contributed by atoms with Gasteiger partial charge in [-0.3, -0.25) is 0 Å². The van der Waals surface area contributed by atoms with E-state index in [4.69, 9.17) is 0 Å². The summed E-state index contributed by atoms with van der Waals surface area (Å²) in [6, 6.07) is 49.6. The molecule has 176 valence electrons. The Labute approximate surface area is 220 Å². The van der Waals surface area contributed by atoms with E-state index in [0.29, 0.717) is 0 Å². The molecule has 1 aromatic heterocycles. The summed E-state index contributed by atoms with van der Waals surface area (Å²) in [4.78, 5) is 2.32. The molecule has 0 fully saturated rings. The van der Waals surface area contributed by atoms with Crippen molar-refractivity contribution >= 4 is 70.7 Å². The van der Waals surface area contributed by atoms with Crippen LogP contribution in [0.2, 0.25) is 0 Å². The first kappa shape index (κ1) is 21.7. The number of anilines is 5.